The summed E-state index contributed by atoms with van der Waals surface area (Å²) in [5.41, 5.74) is 0.468. The Kier molecular flexibility index (Phi) is 7.74. The van der Waals surface area contributed by atoms with Crippen LogP contribution in [0.5, 0.6) is 5.75 Å². The van der Waals surface area contributed by atoms with Gasteiger partial charge in [-0.25, -0.2) is 4.79 Å². The van der Waals surface area contributed by atoms with Gasteiger partial charge in [-0.05, 0) is 50.8 Å². The number of amides is 2. The number of methoxy groups -OCH3 is 1. The molecule has 0 aliphatic heterocycles. The fourth-order valence-electron chi connectivity index (χ4n) is 2.24. The number of alkyl carbamates (subject to hydrolysis) is 1. The topological polar surface area (TPSA) is 76.7 Å². The standard InChI is InChI=1S/C19H30N2O4/c1-13(2)16(21-18(23)25-19(3,4)5)17(22)20-11-10-14-8-7-9-15(12-14)24-6/h7-9,12-13,16H,10-11H2,1-6H3,(H,20,22)(H,21,23). The molecule has 0 bridgehead atoms. The molecule has 25 heavy (non-hydrogen) atoms. The van der Waals surface area contributed by atoms with Gasteiger partial charge in [0.1, 0.15) is 17.4 Å². The summed E-state index contributed by atoms with van der Waals surface area (Å²) in [4.78, 5) is 24.3. The van der Waals surface area contributed by atoms with E-state index in [-0.39, 0.29) is 11.8 Å². The van der Waals surface area contributed by atoms with Crippen molar-refractivity contribution in [2.45, 2.75) is 52.7 Å². The van der Waals surface area contributed by atoms with E-state index in [1.807, 2.05) is 38.1 Å². The van der Waals surface area contributed by atoms with Crippen molar-refractivity contribution in [2.24, 2.45) is 5.92 Å². The molecule has 140 valence electrons. The SMILES string of the molecule is COc1cccc(CCNC(=O)C(NC(=O)OC(C)(C)C)C(C)C)c1. The Morgan fingerprint density at radius 3 is 2.44 bits per heavy atom. The van der Waals surface area contributed by atoms with Gasteiger partial charge in [0.25, 0.3) is 0 Å². The van der Waals surface area contributed by atoms with Crippen molar-refractivity contribution in [3.05, 3.63) is 29.8 Å². The van der Waals surface area contributed by atoms with Gasteiger partial charge in [0, 0.05) is 6.54 Å². The molecule has 0 saturated carbocycles. The third kappa shape index (κ3) is 7.92. The van der Waals surface area contributed by atoms with E-state index < -0.39 is 17.7 Å². The molecule has 6 heteroatoms. The first-order valence-electron chi connectivity index (χ1n) is 8.52. The summed E-state index contributed by atoms with van der Waals surface area (Å²) in [5.74, 6) is 0.517. The molecule has 2 amide bonds. The molecule has 6 nitrogen and oxygen atoms in total. The second-order valence-corrected chi connectivity index (χ2v) is 7.26. The number of nitrogens with one attached hydrogen (secondary N) is 2. The molecule has 0 fully saturated rings. The molecular formula is C19H30N2O4. The Balaban J connectivity index is 2.54. The number of hydrogen-bond acceptors (Lipinski definition) is 4. The first-order valence-corrected chi connectivity index (χ1v) is 8.52. The molecule has 0 aromatic heterocycles. The van der Waals surface area contributed by atoms with Crippen molar-refractivity contribution in [3.8, 4) is 5.75 Å². The maximum absolute atomic E-state index is 12.4. The van der Waals surface area contributed by atoms with Crippen LogP contribution in [0.25, 0.3) is 0 Å². The number of carbonyl (C=O) groups is 2. The summed E-state index contributed by atoms with van der Waals surface area (Å²) >= 11 is 0. The average molecular weight is 350 g/mol. The van der Waals surface area contributed by atoms with Crippen LogP contribution in [0.4, 0.5) is 4.79 Å². The maximum atomic E-state index is 12.4. The van der Waals surface area contributed by atoms with E-state index in [0.717, 1.165) is 11.3 Å². The largest absolute Gasteiger partial charge is 0.497 e. The molecule has 1 aromatic carbocycles. The summed E-state index contributed by atoms with van der Waals surface area (Å²) in [6.07, 6.45) is 0.0920. The second kappa shape index (κ2) is 9.30. The van der Waals surface area contributed by atoms with Crippen molar-refractivity contribution < 1.29 is 19.1 Å². The molecular weight excluding hydrogens is 320 g/mol. The summed E-state index contributed by atoms with van der Waals surface area (Å²) in [7, 11) is 1.62. The zero-order valence-electron chi connectivity index (χ0n) is 16.0. The molecule has 0 saturated heterocycles. The number of carbonyl (C=O) groups excluding carboxylic acids is 2. The first kappa shape index (κ1) is 20.8. The van der Waals surface area contributed by atoms with E-state index in [9.17, 15) is 9.59 Å². The van der Waals surface area contributed by atoms with Crippen molar-refractivity contribution in [1.82, 2.24) is 10.6 Å². The highest BCUT2D eigenvalue weighted by atomic mass is 16.6. The van der Waals surface area contributed by atoms with Crippen LogP contribution < -0.4 is 15.4 Å². The molecule has 1 aromatic rings. The highest BCUT2D eigenvalue weighted by Gasteiger charge is 2.26. The Morgan fingerprint density at radius 1 is 1.20 bits per heavy atom. The lowest BCUT2D eigenvalue weighted by Crippen LogP contribution is -2.51. The van der Waals surface area contributed by atoms with Crippen molar-refractivity contribution >= 4 is 12.0 Å². The van der Waals surface area contributed by atoms with Gasteiger partial charge in [0.2, 0.25) is 5.91 Å². The average Bonchev–Trinajstić information content (AvgIpc) is 2.50. The minimum absolute atomic E-state index is 0.0515. The molecule has 0 spiro atoms. The van der Waals surface area contributed by atoms with Crippen LogP contribution in [0.1, 0.15) is 40.2 Å². The van der Waals surface area contributed by atoms with Gasteiger partial charge in [0.05, 0.1) is 7.11 Å². The molecule has 0 aliphatic rings. The van der Waals surface area contributed by atoms with Gasteiger partial charge < -0.3 is 20.1 Å². The Bertz CT molecular complexity index is 579. The second-order valence-electron chi connectivity index (χ2n) is 7.26. The summed E-state index contributed by atoms with van der Waals surface area (Å²) in [6.45, 7) is 9.58. The molecule has 1 unspecified atom stereocenters. The molecule has 0 radical (unpaired) electrons. The van der Waals surface area contributed by atoms with Gasteiger partial charge in [0.15, 0.2) is 0 Å². The van der Waals surface area contributed by atoms with E-state index in [2.05, 4.69) is 10.6 Å². The normalized spacial score (nSPS) is 12.4. The van der Waals surface area contributed by atoms with E-state index >= 15 is 0 Å². The van der Waals surface area contributed by atoms with Gasteiger partial charge in [-0.15, -0.1) is 0 Å². The van der Waals surface area contributed by atoms with E-state index in [0.29, 0.717) is 13.0 Å². The fraction of sp³-hybridized carbons (Fsp3) is 0.579. The van der Waals surface area contributed by atoms with Gasteiger partial charge >= 0.3 is 6.09 Å². The minimum atomic E-state index is -0.639. The Labute approximate surface area is 150 Å². The number of benzene rings is 1. The van der Waals surface area contributed by atoms with Gasteiger partial charge in [-0.1, -0.05) is 26.0 Å². The zero-order chi connectivity index (χ0) is 19.0. The lowest BCUT2D eigenvalue weighted by atomic mass is 10.0. The Morgan fingerprint density at radius 2 is 1.88 bits per heavy atom. The smallest absolute Gasteiger partial charge is 0.408 e. The number of rotatable bonds is 7. The van der Waals surface area contributed by atoms with Crippen LogP contribution in [-0.4, -0.2) is 37.3 Å². The predicted octanol–water partition coefficient (Wildman–Crippen LogP) is 2.90. The van der Waals surface area contributed by atoms with Crippen molar-refractivity contribution in [2.75, 3.05) is 13.7 Å². The monoisotopic (exact) mass is 350 g/mol. The first-order chi connectivity index (χ1) is 11.6. The van der Waals surface area contributed by atoms with Crippen LogP contribution in [0.3, 0.4) is 0 Å². The van der Waals surface area contributed by atoms with E-state index in [1.165, 1.54) is 0 Å². The number of ether oxygens (including phenoxy) is 2. The summed E-state index contributed by atoms with van der Waals surface area (Å²) in [6, 6.07) is 7.07. The lowest BCUT2D eigenvalue weighted by Gasteiger charge is -2.25. The van der Waals surface area contributed by atoms with Crippen LogP contribution >= 0.6 is 0 Å². The van der Waals surface area contributed by atoms with Gasteiger partial charge in [-0.2, -0.15) is 0 Å². The minimum Gasteiger partial charge on any atom is -0.497 e. The van der Waals surface area contributed by atoms with Crippen LogP contribution in [0.15, 0.2) is 24.3 Å². The highest BCUT2D eigenvalue weighted by molar-refractivity contribution is 5.85. The molecule has 1 rings (SSSR count). The zero-order valence-corrected chi connectivity index (χ0v) is 16.0. The summed E-state index contributed by atoms with van der Waals surface area (Å²) in [5, 5.41) is 5.51. The van der Waals surface area contributed by atoms with E-state index in [1.54, 1.807) is 27.9 Å². The summed E-state index contributed by atoms with van der Waals surface area (Å²) < 4.78 is 10.4. The van der Waals surface area contributed by atoms with Gasteiger partial charge in [-0.3, -0.25) is 4.79 Å². The predicted molar refractivity (Wildman–Crippen MR) is 97.7 cm³/mol. The quantitative estimate of drug-likeness (QED) is 0.793. The third-order valence-electron chi connectivity index (χ3n) is 3.47. The van der Waals surface area contributed by atoms with Crippen LogP contribution in [-0.2, 0) is 16.0 Å². The highest BCUT2D eigenvalue weighted by Crippen LogP contribution is 2.13. The van der Waals surface area contributed by atoms with Crippen LogP contribution in [0.2, 0.25) is 0 Å². The van der Waals surface area contributed by atoms with E-state index in [4.69, 9.17) is 9.47 Å². The number of hydrogen-bond donors (Lipinski definition) is 2. The molecule has 2 N–H and O–H groups in total. The molecule has 1 atom stereocenters. The lowest BCUT2D eigenvalue weighted by molar-refractivity contribution is -0.124. The molecule has 0 heterocycles. The fourth-order valence-corrected chi connectivity index (χ4v) is 2.24. The Hall–Kier alpha value is -2.24. The molecule has 0 aliphatic carbocycles. The van der Waals surface area contributed by atoms with Crippen molar-refractivity contribution in [1.29, 1.82) is 0 Å². The van der Waals surface area contributed by atoms with Crippen LogP contribution in [0, 0.1) is 5.92 Å². The third-order valence-corrected chi connectivity index (χ3v) is 3.47. The maximum Gasteiger partial charge on any atom is 0.408 e. The van der Waals surface area contributed by atoms with Crippen molar-refractivity contribution in [3.63, 3.8) is 0 Å².